The largest absolute Gasteiger partial charge is 0.508 e. The minimum atomic E-state index is -0.552. The molecule has 1 aromatic heterocycles. The van der Waals surface area contributed by atoms with Gasteiger partial charge in [0.2, 0.25) is 0 Å². The number of carbonyl (C=O) groups is 1. The van der Waals surface area contributed by atoms with Crippen molar-refractivity contribution in [2.45, 2.75) is 6.54 Å². The summed E-state index contributed by atoms with van der Waals surface area (Å²) in [6, 6.07) is 13.5. The molecular formula is C16H14N4O3. The number of rotatable bonds is 4. The first-order valence-electron chi connectivity index (χ1n) is 6.88. The molecule has 3 N–H and O–H groups in total. The van der Waals surface area contributed by atoms with Gasteiger partial charge in [0.05, 0.1) is 6.54 Å². The zero-order chi connectivity index (χ0) is 16.2. The first kappa shape index (κ1) is 14.7. The molecule has 0 spiro atoms. The predicted octanol–water partition coefficient (Wildman–Crippen LogP) is 1.82. The molecule has 1 heterocycles. The molecule has 7 nitrogen and oxygen atoms in total. The van der Waals surface area contributed by atoms with Gasteiger partial charge in [-0.1, -0.05) is 24.3 Å². The van der Waals surface area contributed by atoms with E-state index in [2.05, 4.69) is 10.1 Å². The Hall–Kier alpha value is -3.19. The molecule has 2 aromatic carbocycles. The second kappa shape index (κ2) is 6.29. The number of carbonyl (C=O) groups excluding carboxylic acids is 1. The third kappa shape index (κ3) is 3.35. The fourth-order valence-corrected chi connectivity index (χ4v) is 2.16. The molecular weight excluding hydrogens is 296 g/mol. The Morgan fingerprint density at radius 3 is 2.65 bits per heavy atom. The van der Waals surface area contributed by atoms with Gasteiger partial charge in [-0.2, -0.15) is 5.10 Å². The number of benzene rings is 2. The van der Waals surface area contributed by atoms with Gasteiger partial charge >= 0.3 is 0 Å². The summed E-state index contributed by atoms with van der Waals surface area (Å²) >= 11 is 0. The van der Waals surface area contributed by atoms with Crippen LogP contribution in [0.15, 0.2) is 54.9 Å². The van der Waals surface area contributed by atoms with Crippen molar-refractivity contribution in [3.63, 3.8) is 0 Å². The quantitative estimate of drug-likeness (QED) is 0.504. The van der Waals surface area contributed by atoms with E-state index in [-0.39, 0.29) is 5.75 Å². The van der Waals surface area contributed by atoms with Gasteiger partial charge in [0.25, 0.3) is 5.91 Å². The molecule has 0 unspecified atom stereocenters. The highest BCUT2D eigenvalue weighted by atomic mass is 16.5. The Morgan fingerprint density at radius 2 is 1.96 bits per heavy atom. The molecule has 0 aliphatic rings. The van der Waals surface area contributed by atoms with Gasteiger partial charge in [-0.25, -0.2) is 15.1 Å². The average molecular weight is 310 g/mol. The van der Waals surface area contributed by atoms with Gasteiger partial charge in [-0.3, -0.25) is 10.0 Å². The first-order chi connectivity index (χ1) is 11.2. The lowest BCUT2D eigenvalue weighted by Crippen LogP contribution is -2.18. The van der Waals surface area contributed by atoms with E-state index < -0.39 is 5.91 Å². The predicted molar refractivity (Wildman–Crippen MR) is 81.9 cm³/mol. The molecule has 3 aromatic rings. The van der Waals surface area contributed by atoms with E-state index in [0.717, 1.165) is 11.1 Å². The molecule has 1 amide bonds. The molecule has 0 bridgehead atoms. The molecule has 23 heavy (non-hydrogen) atoms. The van der Waals surface area contributed by atoms with Crippen molar-refractivity contribution in [3.8, 4) is 17.1 Å². The van der Waals surface area contributed by atoms with Crippen molar-refractivity contribution in [1.29, 1.82) is 0 Å². The minimum absolute atomic E-state index is 0.164. The lowest BCUT2D eigenvalue weighted by atomic mass is 10.1. The number of phenols is 1. The number of aromatic nitrogens is 3. The van der Waals surface area contributed by atoms with Crippen LogP contribution in [0.3, 0.4) is 0 Å². The minimum Gasteiger partial charge on any atom is -0.508 e. The Bertz CT molecular complexity index is 827. The summed E-state index contributed by atoms with van der Waals surface area (Å²) in [5, 5.41) is 22.4. The first-order valence-corrected chi connectivity index (χ1v) is 6.88. The molecule has 3 rings (SSSR count). The highest BCUT2D eigenvalue weighted by Crippen LogP contribution is 2.19. The van der Waals surface area contributed by atoms with Gasteiger partial charge in [-0.15, -0.1) is 0 Å². The average Bonchev–Trinajstić information content (AvgIpc) is 3.03. The normalized spacial score (nSPS) is 10.5. The van der Waals surface area contributed by atoms with Crippen LogP contribution in [0.2, 0.25) is 0 Å². The molecule has 0 saturated heterocycles. The Labute approximate surface area is 131 Å². The van der Waals surface area contributed by atoms with Gasteiger partial charge < -0.3 is 5.11 Å². The number of hydrogen-bond acceptors (Lipinski definition) is 5. The lowest BCUT2D eigenvalue weighted by molar-refractivity contribution is 0.0706. The summed E-state index contributed by atoms with van der Waals surface area (Å²) in [7, 11) is 0. The zero-order valence-corrected chi connectivity index (χ0v) is 12.0. The van der Waals surface area contributed by atoms with Crippen LogP contribution in [-0.4, -0.2) is 31.0 Å². The summed E-state index contributed by atoms with van der Waals surface area (Å²) < 4.78 is 1.67. The van der Waals surface area contributed by atoms with E-state index in [4.69, 9.17) is 5.21 Å². The monoisotopic (exact) mass is 310 g/mol. The maximum Gasteiger partial charge on any atom is 0.274 e. The fraction of sp³-hybridized carbons (Fsp3) is 0.0625. The van der Waals surface area contributed by atoms with Crippen LogP contribution < -0.4 is 5.48 Å². The van der Waals surface area contributed by atoms with Gasteiger partial charge in [0, 0.05) is 11.1 Å². The van der Waals surface area contributed by atoms with Crippen molar-refractivity contribution < 1.29 is 15.1 Å². The smallest absolute Gasteiger partial charge is 0.274 e. The molecule has 116 valence electrons. The van der Waals surface area contributed by atoms with Crippen LogP contribution in [0.1, 0.15) is 15.9 Å². The van der Waals surface area contributed by atoms with Crippen molar-refractivity contribution >= 4 is 5.91 Å². The van der Waals surface area contributed by atoms with E-state index in [1.165, 1.54) is 0 Å². The van der Waals surface area contributed by atoms with Crippen LogP contribution >= 0.6 is 0 Å². The number of nitrogens with one attached hydrogen (secondary N) is 1. The summed E-state index contributed by atoms with van der Waals surface area (Å²) in [5.41, 5.74) is 3.63. The molecule has 0 atom stereocenters. The van der Waals surface area contributed by atoms with E-state index >= 15 is 0 Å². The third-order valence-electron chi connectivity index (χ3n) is 3.30. The van der Waals surface area contributed by atoms with E-state index in [9.17, 15) is 9.90 Å². The second-order valence-corrected chi connectivity index (χ2v) is 4.95. The molecule has 0 saturated carbocycles. The number of nitrogens with zero attached hydrogens (tertiary/aromatic N) is 3. The Balaban J connectivity index is 1.75. The summed E-state index contributed by atoms with van der Waals surface area (Å²) in [5.74, 6) is 0.136. The standard InChI is InChI=1S/C16H14N4O3/c21-14-3-1-2-13(8-14)15-17-10-20(18-15)9-11-4-6-12(7-5-11)16(22)19-23/h1-8,10,21,23H,9H2,(H,19,22). The highest BCUT2D eigenvalue weighted by molar-refractivity contribution is 5.93. The molecule has 0 fully saturated rings. The molecule has 0 aliphatic heterocycles. The van der Waals surface area contributed by atoms with Crippen molar-refractivity contribution in [1.82, 2.24) is 20.2 Å². The Kier molecular flexibility index (Phi) is 4.03. The summed E-state index contributed by atoms with van der Waals surface area (Å²) in [6.45, 7) is 0.493. The lowest BCUT2D eigenvalue weighted by Gasteiger charge is -2.03. The van der Waals surface area contributed by atoms with Crippen LogP contribution in [0, 0.1) is 0 Å². The molecule has 0 radical (unpaired) electrons. The topological polar surface area (TPSA) is 100 Å². The van der Waals surface area contributed by atoms with Crippen LogP contribution in [0.4, 0.5) is 0 Å². The molecule has 7 heteroatoms. The van der Waals surface area contributed by atoms with Crippen molar-refractivity contribution in [2.24, 2.45) is 0 Å². The van der Waals surface area contributed by atoms with E-state index in [0.29, 0.717) is 17.9 Å². The van der Waals surface area contributed by atoms with E-state index in [1.807, 2.05) is 6.07 Å². The highest BCUT2D eigenvalue weighted by Gasteiger charge is 2.07. The Morgan fingerprint density at radius 1 is 1.17 bits per heavy atom. The van der Waals surface area contributed by atoms with Crippen molar-refractivity contribution in [2.75, 3.05) is 0 Å². The number of hydrogen-bond donors (Lipinski definition) is 3. The zero-order valence-electron chi connectivity index (χ0n) is 12.0. The van der Waals surface area contributed by atoms with Gasteiger partial charge in [0.1, 0.15) is 12.1 Å². The second-order valence-electron chi connectivity index (χ2n) is 4.95. The summed E-state index contributed by atoms with van der Waals surface area (Å²) in [6.07, 6.45) is 1.60. The van der Waals surface area contributed by atoms with Crippen LogP contribution in [0.5, 0.6) is 5.75 Å². The number of phenolic OH excluding ortho intramolecular Hbond substituents is 1. The van der Waals surface area contributed by atoms with Crippen LogP contribution in [0.25, 0.3) is 11.4 Å². The maximum absolute atomic E-state index is 11.3. The van der Waals surface area contributed by atoms with Gasteiger partial charge in [0.15, 0.2) is 5.82 Å². The number of amides is 1. The van der Waals surface area contributed by atoms with Crippen molar-refractivity contribution in [3.05, 3.63) is 66.0 Å². The number of aromatic hydroxyl groups is 1. The van der Waals surface area contributed by atoms with Gasteiger partial charge in [-0.05, 0) is 29.8 Å². The molecule has 0 aliphatic carbocycles. The van der Waals surface area contributed by atoms with E-state index in [1.54, 1.807) is 59.0 Å². The fourth-order valence-electron chi connectivity index (χ4n) is 2.16. The third-order valence-corrected chi connectivity index (χ3v) is 3.30. The summed E-state index contributed by atoms with van der Waals surface area (Å²) in [4.78, 5) is 15.5. The number of hydroxylamine groups is 1. The maximum atomic E-state index is 11.3. The van der Waals surface area contributed by atoms with Crippen LogP contribution in [-0.2, 0) is 6.54 Å². The SMILES string of the molecule is O=C(NO)c1ccc(Cn2cnc(-c3cccc(O)c3)n2)cc1.